The summed E-state index contributed by atoms with van der Waals surface area (Å²) in [6.07, 6.45) is 0.690. The fraction of sp³-hybridized carbons (Fsp3) is 0.182. The lowest BCUT2D eigenvalue weighted by molar-refractivity contribution is 0.111. The summed E-state index contributed by atoms with van der Waals surface area (Å²) in [5.74, 6) is 0.229. The van der Waals surface area contributed by atoms with Crippen molar-refractivity contribution in [3.8, 4) is 5.75 Å². The Kier molecular flexibility index (Phi) is 2.68. The first-order valence-electron chi connectivity index (χ1n) is 4.84. The molecule has 1 aromatic heterocycles. The van der Waals surface area contributed by atoms with Gasteiger partial charge in [-0.3, -0.25) is 4.79 Å². The Hall–Kier alpha value is -2.17. The highest BCUT2D eigenvalue weighted by Gasteiger charge is 2.07. The number of benzene rings is 1. The molecule has 0 fully saturated rings. The van der Waals surface area contributed by atoms with Gasteiger partial charge in [0.15, 0.2) is 6.29 Å². The topological polar surface area (TPSA) is 68.0 Å². The van der Waals surface area contributed by atoms with Crippen molar-refractivity contribution in [2.24, 2.45) is 0 Å². The zero-order valence-electron chi connectivity index (χ0n) is 8.79. The van der Waals surface area contributed by atoms with Gasteiger partial charge in [0, 0.05) is 0 Å². The van der Waals surface area contributed by atoms with Crippen LogP contribution in [-0.2, 0) is 6.54 Å². The van der Waals surface area contributed by atoms with Gasteiger partial charge in [0.2, 0.25) is 0 Å². The zero-order chi connectivity index (χ0) is 11.5. The highest BCUT2D eigenvalue weighted by molar-refractivity contribution is 5.72. The van der Waals surface area contributed by atoms with Crippen molar-refractivity contribution in [2.75, 3.05) is 0 Å². The SMILES string of the molecule is Cc1c(C=O)nnn1Cc1ccc(O)cc1. The molecule has 0 saturated carbocycles. The molecule has 0 amide bonds. The van der Waals surface area contributed by atoms with Gasteiger partial charge in [-0.15, -0.1) is 5.10 Å². The van der Waals surface area contributed by atoms with Gasteiger partial charge in [0.25, 0.3) is 0 Å². The van der Waals surface area contributed by atoms with E-state index in [1.54, 1.807) is 35.9 Å². The summed E-state index contributed by atoms with van der Waals surface area (Å²) in [6.45, 7) is 2.33. The number of hydrogen-bond acceptors (Lipinski definition) is 4. The van der Waals surface area contributed by atoms with Crippen LogP contribution in [0.2, 0.25) is 0 Å². The van der Waals surface area contributed by atoms with Gasteiger partial charge in [-0.25, -0.2) is 4.68 Å². The van der Waals surface area contributed by atoms with E-state index in [0.717, 1.165) is 11.3 Å². The number of carbonyl (C=O) groups is 1. The van der Waals surface area contributed by atoms with Gasteiger partial charge in [0.05, 0.1) is 12.2 Å². The predicted molar refractivity (Wildman–Crippen MR) is 57.4 cm³/mol. The molecular formula is C11H11N3O2. The van der Waals surface area contributed by atoms with Crippen LogP contribution >= 0.6 is 0 Å². The molecule has 2 aromatic rings. The van der Waals surface area contributed by atoms with Gasteiger partial charge >= 0.3 is 0 Å². The summed E-state index contributed by atoms with van der Waals surface area (Å²) in [5, 5.41) is 16.8. The normalized spacial score (nSPS) is 10.3. The molecule has 2 rings (SSSR count). The summed E-state index contributed by atoms with van der Waals surface area (Å²) < 4.78 is 1.65. The molecule has 16 heavy (non-hydrogen) atoms. The number of phenols is 1. The molecule has 82 valence electrons. The van der Waals surface area contributed by atoms with Crippen LogP contribution < -0.4 is 0 Å². The molecule has 1 aromatic carbocycles. The number of carbonyl (C=O) groups excluding carboxylic acids is 1. The molecule has 0 atom stereocenters. The summed E-state index contributed by atoms with van der Waals surface area (Å²) in [7, 11) is 0. The Morgan fingerprint density at radius 3 is 2.62 bits per heavy atom. The van der Waals surface area contributed by atoms with E-state index >= 15 is 0 Å². The van der Waals surface area contributed by atoms with E-state index in [2.05, 4.69) is 10.3 Å². The Bertz CT molecular complexity index is 502. The maximum atomic E-state index is 10.6. The smallest absolute Gasteiger partial charge is 0.172 e. The molecule has 0 bridgehead atoms. The van der Waals surface area contributed by atoms with Gasteiger partial charge < -0.3 is 5.11 Å². The second kappa shape index (κ2) is 4.14. The lowest BCUT2D eigenvalue weighted by Crippen LogP contribution is -2.04. The number of hydrogen-bond donors (Lipinski definition) is 1. The Morgan fingerprint density at radius 2 is 2.06 bits per heavy atom. The van der Waals surface area contributed by atoms with Crippen molar-refractivity contribution >= 4 is 6.29 Å². The van der Waals surface area contributed by atoms with Crippen LogP contribution in [0.1, 0.15) is 21.7 Å². The van der Waals surface area contributed by atoms with Crippen LogP contribution in [0.15, 0.2) is 24.3 Å². The van der Waals surface area contributed by atoms with Gasteiger partial charge in [-0.05, 0) is 24.6 Å². The van der Waals surface area contributed by atoms with Crippen LogP contribution in [0.5, 0.6) is 5.75 Å². The molecule has 0 aliphatic carbocycles. The van der Waals surface area contributed by atoms with E-state index in [0.29, 0.717) is 18.5 Å². The van der Waals surface area contributed by atoms with E-state index in [1.165, 1.54) is 0 Å². The number of phenolic OH excluding ortho intramolecular Hbond substituents is 1. The van der Waals surface area contributed by atoms with Crippen molar-refractivity contribution in [1.82, 2.24) is 15.0 Å². The third-order valence-corrected chi connectivity index (χ3v) is 2.40. The van der Waals surface area contributed by atoms with Crippen LogP contribution in [0.4, 0.5) is 0 Å². The third kappa shape index (κ3) is 1.93. The molecule has 5 nitrogen and oxygen atoms in total. The zero-order valence-corrected chi connectivity index (χ0v) is 8.79. The molecule has 0 saturated heterocycles. The van der Waals surface area contributed by atoms with Crippen molar-refractivity contribution in [3.63, 3.8) is 0 Å². The van der Waals surface area contributed by atoms with Crippen molar-refractivity contribution in [1.29, 1.82) is 0 Å². The minimum absolute atomic E-state index is 0.229. The minimum atomic E-state index is 0.229. The number of rotatable bonds is 3. The monoisotopic (exact) mass is 217 g/mol. The fourth-order valence-electron chi connectivity index (χ4n) is 1.41. The quantitative estimate of drug-likeness (QED) is 0.783. The maximum Gasteiger partial charge on any atom is 0.172 e. The average Bonchev–Trinajstić information content (AvgIpc) is 2.63. The number of aromatic hydroxyl groups is 1. The number of aldehydes is 1. The lowest BCUT2D eigenvalue weighted by atomic mass is 10.2. The molecule has 0 radical (unpaired) electrons. The van der Waals surface area contributed by atoms with Gasteiger partial charge in [0.1, 0.15) is 11.4 Å². The molecular weight excluding hydrogens is 206 g/mol. The first-order valence-corrected chi connectivity index (χ1v) is 4.84. The molecule has 1 N–H and O–H groups in total. The maximum absolute atomic E-state index is 10.6. The first-order chi connectivity index (χ1) is 7.70. The summed E-state index contributed by atoms with van der Waals surface area (Å²) in [5.41, 5.74) is 2.09. The third-order valence-electron chi connectivity index (χ3n) is 2.40. The molecule has 0 aliphatic rings. The number of nitrogens with zero attached hydrogens (tertiary/aromatic N) is 3. The average molecular weight is 217 g/mol. The molecule has 5 heteroatoms. The Morgan fingerprint density at radius 1 is 1.38 bits per heavy atom. The fourth-order valence-corrected chi connectivity index (χ4v) is 1.41. The highest BCUT2D eigenvalue weighted by Crippen LogP contribution is 2.11. The standard InChI is InChI=1S/C11H11N3O2/c1-8-11(7-15)12-13-14(8)6-9-2-4-10(16)5-3-9/h2-5,7,16H,6H2,1H3. The van der Waals surface area contributed by atoms with Crippen LogP contribution in [-0.4, -0.2) is 26.4 Å². The predicted octanol–water partition coefficient (Wildman–Crippen LogP) is 1.15. The molecule has 0 unspecified atom stereocenters. The van der Waals surface area contributed by atoms with Crippen molar-refractivity contribution in [2.45, 2.75) is 13.5 Å². The summed E-state index contributed by atoms with van der Waals surface area (Å²) in [6, 6.07) is 6.83. The van der Waals surface area contributed by atoms with Crippen LogP contribution in [0.25, 0.3) is 0 Å². The lowest BCUT2D eigenvalue weighted by Gasteiger charge is -2.03. The van der Waals surface area contributed by atoms with E-state index in [1.807, 2.05) is 0 Å². The molecule has 0 spiro atoms. The Labute approximate surface area is 92.3 Å². The van der Waals surface area contributed by atoms with Crippen LogP contribution in [0, 0.1) is 6.92 Å². The molecule has 0 aliphatic heterocycles. The number of aromatic nitrogens is 3. The van der Waals surface area contributed by atoms with E-state index in [4.69, 9.17) is 5.11 Å². The van der Waals surface area contributed by atoms with Crippen molar-refractivity contribution in [3.05, 3.63) is 41.2 Å². The van der Waals surface area contributed by atoms with Crippen molar-refractivity contribution < 1.29 is 9.90 Å². The largest absolute Gasteiger partial charge is 0.508 e. The van der Waals surface area contributed by atoms with E-state index in [9.17, 15) is 4.79 Å². The van der Waals surface area contributed by atoms with Gasteiger partial charge in [-0.2, -0.15) is 0 Å². The van der Waals surface area contributed by atoms with Gasteiger partial charge in [-0.1, -0.05) is 17.3 Å². The first kappa shape index (κ1) is 10.4. The second-order valence-corrected chi connectivity index (χ2v) is 3.50. The summed E-state index contributed by atoms with van der Waals surface area (Å²) in [4.78, 5) is 10.6. The summed E-state index contributed by atoms with van der Waals surface area (Å²) >= 11 is 0. The highest BCUT2D eigenvalue weighted by atomic mass is 16.3. The molecule has 1 heterocycles. The van der Waals surface area contributed by atoms with E-state index in [-0.39, 0.29) is 5.75 Å². The minimum Gasteiger partial charge on any atom is -0.508 e. The van der Waals surface area contributed by atoms with E-state index < -0.39 is 0 Å². The Balaban J connectivity index is 2.23. The van der Waals surface area contributed by atoms with Crippen LogP contribution in [0.3, 0.4) is 0 Å². The second-order valence-electron chi connectivity index (χ2n) is 3.50.